The van der Waals surface area contributed by atoms with Crippen LogP contribution in [-0.2, 0) is 0 Å². The first-order valence-corrected chi connectivity index (χ1v) is 3.30. The summed E-state index contributed by atoms with van der Waals surface area (Å²) in [6.45, 7) is 1.56. The van der Waals surface area contributed by atoms with Gasteiger partial charge in [0.1, 0.15) is 5.69 Å². The quantitative estimate of drug-likeness (QED) is 0.542. The minimum atomic E-state index is -0.483. The standard InChI is InChI=1S/C4H5N3O2S.ClH/c1-2-3(7(8)9)10-4(5)6-2;/h1H3,(H2,5,6);1H. The van der Waals surface area contributed by atoms with E-state index in [2.05, 4.69) is 4.98 Å². The highest BCUT2D eigenvalue weighted by Crippen LogP contribution is 2.26. The van der Waals surface area contributed by atoms with Crippen molar-refractivity contribution in [2.24, 2.45) is 0 Å². The second-order valence-corrected chi connectivity index (χ2v) is 2.71. The maximum absolute atomic E-state index is 10.2. The van der Waals surface area contributed by atoms with Crippen molar-refractivity contribution in [1.29, 1.82) is 0 Å². The smallest absolute Gasteiger partial charge is 0.348 e. The van der Waals surface area contributed by atoms with Crippen LogP contribution in [0, 0.1) is 17.0 Å². The summed E-state index contributed by atoms with van der Waals surface area (Å²) >= 11 is 0.890. The average Bonchev–Trinajstić information content (AvgIpc) is 2.10. The zero-order valence-electron chi connectivity index (χ0n) is 5.60. The molecule has 0 spiro atoms. The van der Waals surface area contributed by atoms with Crippen LogP contribution in [-0.4, -0.2) is 9.91 Å². The third-order valence-corrected chi connectivity index (χ3v) is 1.89. The van der Waals surface area contributed by atoms with Crippen LogP contribution in [0.5, 0.6) is 0 Å². The molecule has 0 bridgehead atoms. The fourth-order valence-electron chi connectivity index (χ4n) is 0.578. The number of nitrogens with zero attached hydrogens (tertiary/aromatic N) is 2. The number of halogens is 1. The first kappa shape index (κ1) is 10.1. The second kappa shape index (κ2) is 3.49. The van der Waals surface area contributed by atoms with Crippen LogP contribution in [0.1, 0.15) is 5.69 Å². The third-order valence-electron chi connectivity index (χ3n) is 0.954. The molecule has 0 aliphatic heterocycles. The second-order valence-electron chi connectivity index (χ2n) is 1.70. The van der Waals surface area contributed by atoms with Gasteiger partial charge in [0.15, 0.2) is 5.13 Å². The molecular weight excluding hydrogens is 190 g/mol. The molecule has 1 aromatic heterocycles. The number of hydrogen-bond donors (Lipinski definition) is 1. The van der Waals surface area contributed by atoms with Gasteiger partial charge >= 0.3 is 5.00 Å². The topological polar surface area (TPSA) is 82.0 Å². The maximum Gasteiger partial charge on any atom is 0.348 e. The molecule has 0 fully saturated rings. The van der Waals surface area contributed by atoms with Gasteiger partial charge in [-0.3, -0.25) is 10.1 Å². The number of hydrogen-bond acceptors (Lipinski definition) is 5. The number of anilines is 1. The van der Waals surface area contributed by atoms with Gasteiger partial charge in [-0.25, -0.2) is 4.98 Å². The summed E-state index contributed by atoms with van der Waals surface area (Å²) < 4.78 is 0. The summed E-state index contributed by atoms with van der Waals surface area (Å²) in [6.07, 6.45) is 0. The molecule has 0 saturated carbocycles. The number of nitro groups is 1. The van der Waals surface area contributed by atoms with E-state index in [-0.39, 0.29) is 22.5 Å². The minimum Gasteiger partial charge on any atom is -0.375 e. The van der Waals surface area contributed by atoms with Gasteiger partial charge in [-0.15, -0.1) is 12.4 Å². The number of nitrogen functional groups attached to an aromatic ring is 1. The molecule has 1 aromatic rings. The van der Waals surface area contributed by atoms with Crippen molar-refractivity contribution >= 4 is 33.9 Å². The van der Waals surface area contributed by atoms with Gasteiger partial charge in [0, 0.05) is 0 Å². The number of aromatic nitrogens is 1. The van der Waals surface area contributed by atoms with Crippen LogP contribution >= 0.6 is 23.7 Å². The van der Waals surface area contributed by atoms with Crippen molar-refractivity contribution in [2.45, 2.75) is 6.92 Å². The molecule has 0 aliphatic rings. The van der Waals surface area contributed by atoms with E-state index in [1.165, 1.54) is 0 Å². The maximum atomic E-state index is 10.2. The Balaban J connectivity index is 0.000001000. The first-order valence-electron chi connectivity index (χ1n) is 2.48. The van der Waals surface area contributed by atoms with E-state index in [4.69, 9.17) is 5.73 Å². The van der Waals surface area contributed by atoms with Gasteiger partial charge < -0.3 is 5.73 Å². The molecule has 0 radical (unpaired) electrons. The monoisotopic (exact) mass is 195 g/mol. The predicted molar refractivity (Wildman–Crippen MR) is 45.2 cm³/mol. The lowest BCUT2D eigenvalue weighted by molar-refractivity contribution is -0.380. The SMILES string of the molecule is Cc1nc(N)sc1[N+](=O)[O-].Cl. The van der Waals surface area contributed by atoms with E-state index in [0.29, 0.717) is 5.69 Å². The normalized spacial score (nSPS) is 8.82. The van der Waals surface area contributed by atoms with Gasteiger partial charge in [-0.2, -0.15) is 0 Å². The Hall–Kier alpha value is -0.880. The molecule has 0 aromatic carbocycles. The van der Waals surface area contributed by atoms with E-state index in [1.54, 1.807) is 6.92 Å². The molecule has 0 saturated heterocycles. The summed E-state index contributed by atoms with van der Waals surface area (Å²) in [4.78, 5) is 13.4. The van der Waals surface area contributed by atoms with Crippen molar-refractivity contribution in [3.8, 4) is 0 Å². The van der Waals surface area contributed by atoms with E-state index >= 15 is 0 Å². The van der Waals surface area contributed by atoms with Crippen molar-refractivity contribution in [3.05, 3.63) is 15.8 Å². The molecule has 11 heavy (non-hydrogen) atoms. The fourth-order valence-corrected chi connectivity index (χ4v) is 1.23. The molecule has 1 rings (SSSR count). The summed E-state index contributed by atoms with van der Waals surface area (Å²) in [5.41, 5.74) is 5.60. The predicted octanol–water partition coefficient (Wildman–Crippen LogP) is 1.36. The van der Waals surface area contributed by atoms with Crippen LogP contribution < -0.4 is 5.73 Å². The molecule has 7 heteroatoms. The van der Waals surface area contributed by atoms with Crippen molar-refractivity contribution < 1.29 is 4.92 Å². The number of aryl methyl sites for hydroxylation is 1. The fraction of sp³-hybridized carbons (Fsp3) is 0.250. The lowest BCUT2D eigenvalue weighted by Crippen LogP contribution is -1.85. The van der Waals surface area contributed by atoms with Crippen molar-refractivity contribution in [3.63, 3.8) is 0 Å². The van der Waals surface area contributed by atoms with Gasteiger partial charge in [0.05, 0.1) is 4.92 Å². The highest BCUT2D eigenvalue weighted by atomic mass is 35.5. The van der Waals surface area contributed by atoms with Gasteiger partial charge in [0.2, 0.25) is 0 Å². The van der Waals surface area contributed by atoms with E-state index < -0.39 is 4.92 Å². The first-order chi connectivity index (χ1) is 4.61. The van der Waals surface area contributed by atoms with Gasteiger partial charge in [0.25, 0.3) is 0 Å². The highest BCUT2D eigenvalue weighted by molar-refractivity contribution is 7.18. The summed E-state index contributed by atoms with van der Waals surface area (Å²) in [6, 6.07) is 0. The Bertz CT molecular complexity index is 274. The lowest BCUT2D eigenvalue weighted by atomic mass is 10.5. The zero-order chi connectivity index (χ0) is 7.72. The molecule has 1 heterocycles. The van der Waals surface area contributed by atoms with Gasteiger partial charge in [-0.1, -0.05) is 0 Å². The van der Waals surface area contributed by atoms with Crippen LogP contribution in [0.4, 0.5) is 10.1 Å². The molecule has 0 atom stereocenters. The molecule has 0 amide bonds. The minimum absolute atomic E-state index is 0. The Kier molecular flexibility index (Phi) is 3.21. The summed E-state index contributed by atoms with van der Waals surface area (Å²) in [5, 5.41) is 10.4. The number of rotatable bonds is 1. The molecule has 2 N–H and O–H groups in total. The lowest BCUT2D eigenvalue weighted by Gasteiger charge is -1.81. The van der Waals surface area contributed by atoms with Gasteiger partial charge in [-0.05, 0) is 18.3 Å². The zero-order valence-corrected chi connectivity index (χ0v) is 7.24. The summed E-state index contributed by atoms with van der Waals surface area (Å²) in [5.74, 6) is 0. The Morgan fingerprint density at radius 1 is 1.73 bits per heavy atom. The van der Waals surface area contributed by atoms with E-state index in [0.717, 1.165) is 11.3 Å². The van der Waals surface area contributed by atoms with Crippen LogP contribution in [0.2, 0.25) is 0 Å². The largest absolute Gasteiger partial charge is 0.375 e. The Morgan fingerprint density at radius 2 is 2.27 bits per heavy atom. The van der Waals surface area contributed by atoms with E-state index in [9.17, 15) is 10.1 Å². The number of nitrogens with two attached hydrogens (primary N) is 1. The number of thiazole rings is 1. The molecule has 62 valence electrons. The Labute approximate surface area is 72.8 Å². The highest BCUT2D eigenvalue weighted by Gasteiger charge is 2.15. The van der Waals surface area contributed by atoms with E-state index in [1.807, 2.05) is 0 Å². The summed E-state index contributed by atoms with van der Waals surface area (Å²) in [7, 11) is 0. The molecular formula is C4H6ClN3O2S. The van der Waals surface area contributed by atoms with Crippen LogP contribution in [0.15, 0.2) is 0 Å². The van der Waals surface area contributed by atoms with Crippen LogP contribution in [0.25, 0.3) is 0 Å². The average molecular weight is 196 g/mol. The molecule has 0 aliphatic carbocycles. The van der Waals surface area contributed by atoms with Crippen molar-refractivity contribution in [2.75, 3.05) is 5.73 Å². The third kappa shape index (κ3) is 2.02. The Morgan fingerprint density at radius 3 is 2.45 bits per heavy atom. The van der Waals surface area contributed by atoms with Crippen LogP contribution in [0.3, 0.4) is 0 Å². The van der Waals surface area contributed by atoms with Crippen molar-refractivity contribution in [1.82, 2.24) is 4.98 Å². The molecule has 5 nitrogen and oxygen atoms in total. The molecule has 0 unspecified atom stereocenters.